The van der Waals surface area contributed by atoms with Gasteiger partial charge in [0.1, 0.15) is 0 Å². The number of rotatable bonds is 5. The van der Waals surface area contributed by atoms with Crippen molar-refractivity contribution in [2.24, 2.45) is 5.92 Å². The van der Waals surface area contributed by atoms with Crippen LogP contribution in [0.3, 0.4) is 0 Å². The topological polar surface area (TPSA) is 38.2 Å². The summed E-state index contributed by atoms with van der Waals surface area (Å²) in [5.41, 5.74) is 2.09. The highest BCUT2D eigenvalue weighted by molar-refractivity contribution is 5.33. The van der Waals surface area contributed by atoms with Crippen LogP contribution in [0.1, 0.15) is 31.2 Å². The fraction of sp³-hybridized carbons (Fsp3) is 0.714. The fourth-order valence-electron chi connectivity index (χ4n) is 2.39. The van der Waals surface area contributed by atoms with Crippen molar-refractivity contribution < 1.29 is 4.74 Å². The van der Waals surface area contributed by atoms with Crippen LogP contribution in [0.2, 0.25) is 0 Å². The highest BCUT2D eigenvalue weighted by Gasteiger charge is 2.24. The lowest BCUT2D eigenvalue weighted by atomic mass is 10.1. The molecule has 4 nitrogen and oxygen atoms in total. The Morgan fingerprint density at radius 2 is 2.06 bits per heavy atom. The Morgan fingerprint density at radius 3 is 2.72 bits per heavy atom. The minimum Gasteiger partial charge on any atom is -0.381 e. The zero-order valence-electron chi connectivity index (χ0n) is 11.6. The number of anilines is 1. The number of aromatic nitrogens is 2. The number of nitrogens with zero attached hydrogens (tertiary/aromatic N) is 3. The molecule has 4 heteroatoms. The molecular formula is C14H23N3O. The summed E-state index contributed by atoms with van der Waals surface area (Å²) in [5, 5.41) is 0. The number of ether oxygens (including phenoxy) is 1. The van der Waals surface area contributed by atoms with Gasteiger partial charge >= 0.3 is 0 Å². The van der Waals surface area contributed by atoms with E-state index < -0.39 is 0 Å². The lowest BCUT2D eigenvalue weighted by Gasteiger charge is -2.17. The normalized spacial score (nSPS) is 19.5. The first kappa shape index (κ1) is 13.3. The first-order valence-corrected chi connectivity index (χ1v) is 6.84. The van der Waals surface area contributed by atoms with E-state index in [1.807, 2.05) is 19.9 Å². The lowest BCUT2D eigenvalue weighted by molar-refractivity contribution is 0.106. The van der Waals surface area contributed by atoms with Crippen molar-refractivity contribution >= 4 is 5.95 Å². The van der Waals surface area contributed by atoms with Gasteiger partial charge in [0.15, 0.2) is 0 Å². The van der Waals surface area contributed by atoms with Gasteiger partial charge in [-0.05, 0) is 32.8 Å². The Bertz CT molecular complexity index is 374. The second-order valence-electron chi connectivity index (χ2n) is 5.13. The van der Waals surface area contributed by atoms with E-state index in [-0.39, 0.29) is 0 Å². The molecule has 0 bridgehead atoms. The molecule has 2 rings (SSSR count). The Labute approximate surface area is 109 Å². The van der Waals surface area contributed by atoms with Gasteiger partial charge in [-0.2, -0.15) is 0 Å². The lowest BCUT2D eigenvalue weighted by Crippen LogP contribution is -2.23. The van der Waals surface area contributed by atoms with E-state index >= 15 is 0 Å². The molecule has 1 aromatic heterocycles. The van der Waals surface area contributed by atoms with Gasteiger partial charge in [0, 0.05) is 37.0 Å². The van der Waals surface area contributed by atoms with Crippen molar-refractivity contribution in [2.75, 3.05) is 31.2 Å². The van der Waals surface area contributed by atoms with E-state index in [1.54, 1.807) is 0 Å². The van der Waals surface area contributed by atoms with Crippen molar-refractivity contribution in [3.05, 3.63) is 17.5 Å². The molecule has 1 aliphatic heterocycles. The average molecular weight is 249 g/mol. The largest absolute Gasteiger partial charge is 0.381 e. The molecule has 0 spiro atoms. The maximum absolute atomic E-state index is 5.63. The van der Waals surface area contributed by atoms with Crippen LogP contribution >= 0.6 is 0 Å². The Balaban J connectivity index is 1.91. The molecule has 2 heterocycles. The molecule has 0 amide bonds. The molecule has 1 fully saturated rings. The molecule has 0 aromatic carbocycles. The molecule has 100 valence electrons. The van der Waals surface area contributed by atoms with E-state index in [9.17, 15) is 0 Å². The molecule has 0 N–H and O–H groups in total. The SMILES string of the molecule is CCCOCC1CCN(c2nc(C)cc(C)n2)C1. The molecule has 0 saturated carbocycles. The fourth-order valence-corrected chi connectivity index (χ4v) is 2.39. The molecule has 0 radical (unpaired) electrons. The average Bonchev–Trinajstić information content (AvgIpc) is 2.77. The van der Waals surface area contributed by atoms with Crippen LogP contribution in [0.15, 0.2) is 6.07 Å². The van der Waals surface area contributed by atoms with Gasteiger partial charge in [0.25, 0.3) is 0 Å². The molecule has 1 aromatic rings. The van der Waals surface area contributed by atoms with Crippen molar-refractivity contribution in [1.82, 2.24) is 9.97 Å². The summed E-state index contributed by atoms with van der Waals surface area (Å²) < 4.78 is 5.63. The van der Waals surface area contributed by atoms with Gasteiger partial charge in [0.05, 0.1) is 6.61 Å². The summed E-state index contributed by atoms with van der Waals surface area (Å²) in [7, 11) is 0. The smallest absolute Gasteiger partial charge is 0.225 e. The third-order valence-corrected chi connectivity index (χ3v) is 3.24. The summed E-state index contributed by atoms with van der Waals surface area (Å²) in [4.78, 5) is 11.3. The van der Waals surface area contributed by atoms with Gasteiger partial charge in [0.2, 0.25) is 5.95 Å². The number of hydrogen-bond acceptors (Lipinski definition) is 4. The quantitative estimate of drug-likeness (QED) is 0.751. The van der Waals surface area contributed by atoms with Gasteiger partial charge in [-0.3, -0.25) is 0 Å². The predicted molar refractivity (Wildman–Crippen MR) is 72.9 cm³/mol. The standard InChI is InChI=1S/C14H23N3O/c1-4-7-18-10-13-5-6-17(9-13)14-15-11(2)8-12(3)16-14/h8,13H,4-7,9-10H2,1-3H3. The van der Waals surface area contributed by atoms with E-state index in [1.165, 1.54) is 6.42 Å². The molecule has 1 unspecified atom stereocenters. The first-order chi connectivity index (χ1) is 8.69. The van der Waals surface area contributed by atoms with Gasteiger partial charge in [-0.25, -0.2) is 9.97 Å². The van der Waals surface area contributed by atoms with Gasteiger partial charge in [-0.15, -0.1) is 0 Å². The third kappa shape index (κ3) is 3.42. The summed E-state index contributed by atoms with van der Waals surface area (Å²) in [6.07, 6.45) is 2.27. The first-order valence-electron chi connectivity index (χ1n) is 6.84. The molecular weight excluding hydrogens is 226 g/mol. The molecule has 18 heavy (non-hydrogen) atoms. The van der Waals surface area contributed by atoms with Crippen molar-refractivity contribution in [3.63, 3.8) is 0 Å². The van der Waals surface area contributed by atoms with E-state index in [0.29, 0.717) is 5.92 Å². The Kier molecular flexibility index (Phi) is 4.53. The van der Waals surface area contributed by atoms with Crippen molar-refractivity contribution in [2.45, 2.75) is 33.6 Å². The molecule has 1 aliphatic rings. The summed E-state index contributed by atoms with van der Waals surface area (Å²) >= 11 is 0. The highest BCUT2D eigenvalue weighted by atomic mass is 16.5. The van der Waals surface area contributed by atoms with Crippen LogP contribution in [-0.4, -0.2) is 36.3 Å². The van der Waals surface area contributed by atoms with Crippen molar-refractivity contribution in [1.29, 1.82) is 0 Å². The minimum absolute atomic E-state index is 0.626. The summed E-state index contributed by atoms with van der Waals surface area (Å²) in [6, 6.07) is 2.02. The Morgan fingerprint density at radius 1 is 1.33 bits per heavy atom. The zero-order chi connectivity index (χ0) is 13.0. The molecule has 1 saturated heterocycles. The van der Waals surface area contributed by atoms with Crippen molar-refractivity contribution in [3.8, 4) is 0 Å². The minimum atomic E-state index is 0.626. The third-order valence-electron chi connectivity index (χ3n) is 3.24. The van der Waals surface area contributed by atoms with E-state index in [4.69, 9.17) is 4.74 Å². The summed E-state index contributed by atoms with van der Waals surface area (Å²) in [5.74, 6) is 1.51. The predicted octanol–water partition coefficient (Wildman–Crippen LogP) is 2.35. The van der Waals surface area contributed by atoms with Gasteiger partial charge < -0.3 is 9.64 Å². The number of hydrogen-bond donors (Lipinski definition) is 0. The van der Waals surface area contributed by atoms with Crippen LogP contribution in [0.5, 0.6) is 0 Å². The highest BCUT2D eigenvalue weighted by Crippen LogP contribution is 2.21. The van der Waals surface area contributed by atoms with Crippen LogP contribution in [-0.2, 0) is 4.74 Å². The Hall–Kier alpha value is -1.16. The van der Waals surface area contributed by atoms with E-state index in [0.717, 1.165) is 50.1 Å². The van der Waals surface area contributed by atoms with Crippen LogP contribution in [0, 0.1) is 19.8 Å². The number of aryl methyl sites for hydroxylation is 2. The van der Waals surface area contributed by atoms with Crippen LogP contribution in [0.4, 0.5) is 5.95 Å². The molecule has 0 aliphatic carbocycles. The second-order valence-corrected chi connectivity index (χ2v) is 5.13. The summed E-state index contributed by atoms with van der Waals surface area (Å²) in [6.45, 7) is 10.00. The van der Waals surface area contributed by atoms with Gasteiger partial charge in [-0.1, -0.05) is 6.92 Å². The van der Waals surface area contributed by atoms with Crippen LogP contribution < -0.4 is 4.90 Å². The second kappa shape index (κ2) is 6.14. The van der Waals surface area contributed by atoms with E-state index in [2.05, 4.69) is 21.8 Å². The maximum atomic E-state index is 5.63. The van der Waals surface area contributed by atoms with Crippen LogP contribution in [0.25, 0.3) is 0 Å². The molecule has 1 atom stereocenters. The monoisotopic (exact) mass is 249 g/mol. The zero-order valence-corrected chi connectivity index (χ0v) is 11.6. The maximum Gasteiger partial charge on any atom is 0.225 e.